The van der Waals surface area contributed by atoms with Gasteiger partial charge in [-0.05, 0) is 44.0 Å². The predicted molar refractivity (Wildman–Crippen MR) is 80.2 cm³/mol. The topological polar surface area (TPSA) is 81.6 Å². The standard InChI is InChI=1S/C15H20N4O2/c1-21-15(20)13-14-11(16)5-3-7-19(14)12(18-13)8-10-4-2-6-17-9-10/h3,5,7,10,17H,2,4,6,8-9,16H2,1H3. The van der Waals surface area contributed by atoms with E-state index in [-0.39, 0.29) is 0 Å². The van der Waals surface area contributed by atoms with E-state index in [0.29, 0.717) is 22.8 Å². The molecule has 3 N–H and O–H groups in total. The van der Waals surface area contributed by atoms with Gasteiger partial charge in [-0.15, -0.1) is 0 Å². The van der Waals surface area contributed by atoms with Crippen molar-refractivity contribution < 1.29 is 9.53 Å². The van der Waals surface area contributed by atoms with Crippen LogP contribution >= 0.6 is 0 Å². The SMILES string of the molecule is COC(=O)c1nc(CC2CCCNC2)n2cccc(N)c12. The van der Waals surface area contributed by atoms with Crippen LogP contribution in [0.1, 0.15) is 29.2 Å². The minimum Gasteiger partial charge on any atom is -0.464 e. The number of pyridine rings is 1. The van der Waals surface area contributed by atoms with E-state index in [4.69, 9.17) is 10.5 Å². The van der Waals surface area contributed by atoms with Crippen LogP contribution in [0.5, 0.6) is 0 Å². The lowest BCUT2D eigenvalue weighted by Crippen LogP contribution is -2.31. The first-order valence-corrected chi connectivity index (χ1v) is 7.25. The fourth-order valence-electron chi connectivity index (χ4n) is 2.97. The summed E-state index contributed by atoms with van der Waals surface area (Å²) >= 11 is 0. The van der Waals surface area contributed by atoms with Crippen LogP contribution in [0.4, 0.5) is 5.69 Å². The number of ether oxygens (including phenoxy) is 1. The zero-order chi connectivity index (χ0) is 14.8. The molecule has 3 rings (SSSR count). The molecule has 1 atom stereocenters. The normalized spacial score (nSPS) is 18.8. The number of nitrogens with two attached hydrogens (primary N) is 1. The van der Waals surface area contributed by atoms with Crippen molar-refractivity contribution in [1.29, 1.82) is 0 Å². The summed E-state index contributed by atoms with van der Waals surface area (Å²) in [6.45, 7) is 2.07. The molecule has 0 bridgehead atoms. The van der Waals surface area contributed by atoms with Crippen molar-refractivity contribution in [2.75, 3.05) is 25.9 Å². The molecule has 0 aromatic carbocycles. The average Bonchev–Trinajstić information content (AvgIpc) is 2.88. The summed E-state index contributed by atoms with van der Waals surface area (Å²) < 4.78 is 6.73. The molecule has 21 heavy (non-hydrogen) atoms. The minimum atomic E-state index is -0.446. The third kappa shape index (κ3) is 2.58. The van der Waals surface area contributed by atoms with E-state index in [1.807, 2.05) is 16.7 Å². The number of nitrogen functional groups attached to an aromatic ring is 1. The number of hydrogen-bond donors (Lipinski definition) is 2. The van der Waals surface area contributed by atoms with Crippen LogP contribution in [-0.2, 0) is 11.2 Å². The monoisotopic (exact) mass is 288 g/mol. The molecule has 2 aromatic heterocycles. The number of piperidine rings is 1. The lowest BCUT2D eigenvalue weighted by molar-refractivity contribution is 0.0596. The number of rotatable bonds is 3. The maximum Gasteiger partial charge on any atom is 0.359 e. The first-order valence-electron chi connectivity index (χ1n) is 7.25. The van der Waals surface area contributed by atoms with E-state index < -0.39 is 5.97 Å². The first-order chi connectivity index (χ1) is 10.2. The average molecular weight is 288 g/mol. The molecule has 112 valence electrons. The third-order valence-electron chi connectivity index (χ3n) is 4.02. The second-order valence-corrected chi connectivity index (χ2v) is 5.47. The molecule has 0 saturated carbocycles. The zero-order valence-corrected chi connectivity index (χ0v) is 12.1. The highest BCUT2D eigenvalue weighted by Gasteiger charge is 2.22. The van der Waals surface area contributed by atoms with Crippen molar-refractivity contribution in [1.82, 2.24) is 14.7 Å². The van der Waals surface area contributed by atoms with Gasteiger partial charge >= 0.3 is 5.97 Å². The highest BCUT2D eigenvalue weighted by molar-refractivity contribution is 5.98. The molecule has 6 heteroatoms. The lowest BCUT2D eigenvalue weighted by atomic mass is 9.96. The number of aromatic nitrogens is 2. The van der Waals surface area contributed by atoms with Crippen molar-refractivity contribution in [3.8, 4) is 0 Å². The van der Waals surface area contributed by atoms with E-state index in [1.165, 1.54) is 20.0 Å². The van der Waals surface area contributed by atoms with Gasteiger partial charge in [0, 0.05) is 12.6 Å². The number of carbonyl (C=O) groups excluding carboxylic acids is 1. The lowest BCUT2D eigenvalue weighted by Gasteiger charge is -2.22. The van der Waals surface area contributed by atoms with E-state index in [9.17, 15) is 4.79 Å². The fourth-order valence-corrected chi connectivity index (χ4v) is 2.97. The molecule has 2 aromatic rings. The maximum atomic E-state index is 11.9. The molecule has 1 aliphatic rings. The molecule has 1 saturated heterocycles. The van der Waals surface area contributed by atoms with Crippen LogP contribution in [0.2, 0.25) is 0 Å². The quantitative estimate of drug-likeness (QED) is 0.831. The molecule has 0 aliphatic carbocycles. The Bertz CT molecular complexity index is 659. The van der Waals surface area contributed by atoms with Gasteiger partial charge in [0.15, 0.2) is 5.69 Å². The van der Waals surface area contributed by atoms with Crippen LogP contribution in [0.3, 0.4) is 0 Å². The number of methoxy groups -OCH3 is 1. The largest absolute Gasteiger partial charge is 0.464 e. The van der Waals surface area contributed by atoms with Crippen LogP contribution in [0, 0.1) is 5.92 Å². The molecule has 1 fully saturated rings. The fraction of sp³-hybridized carbons (Fsp3) is 0.467. The van der Waals surface area contributed by atoms with Crippen molar-refractivity contribution in [3.63, 3.8) is 0 Å². The molecule has 0 spiro atoms. The molecule has 1 aliphatic heterocycles. The number of nitrogens with zero attached hydrogens (tertiary/aromatic N) is 2. The molecule has 1 unspecified atom stereocenters. The van der Waals surface area contributed by atoms with Gasteiger partial charge in [-0.3, -0.25) is 0 Å². The van der Waals surface area contributed by atoms with Crippen LogP contribution in [0.15, 0.2) is 18.3 Å². The van der Waals surface area contributed by atoms with Gasteiger partial charge in [0.25, 0.3) is 0 Å². The number of esters is 1. The van der Waals surface area contributed by atoms with Gasteiger partial charge < -0.3 is 20.2 Å². The molecule has 0 amide bonds. The summed E-state index contributed by atoms with van der Waals surface area (Å²) in [5, 5.41) is 3.40. The van der Waals surface area contributed by atoms with E-state index in [0.717, 1.165) is 25.3 Å². The van der Waals surface area contributed by atoms with Crippen LogP contribution in [-0.4, -0.2) is 35.6 Å². The molecule has 0 radical (unpaired) electrons. The van der Waals surface area contributed by atoms with E-state index in [1.54, 1.807) is 6.07 Å². The summed E-state index contributed by atoms with van der Waals surface area (Å²) in [4.78, 5) is 16.4. The number of imidazole rings is 1. The summed E-state index contributed by atoms with van der Waals surface area (Å²) in [7, 11) is 1.36. The maximum absolute atomic E-state index is 11.9. The second kappa shape index (κ2) is 5.73. The number of hydrogen-bond acceptors (Lipinski definition) is 5. The van der Waals surface area contributed by atoms with Gasteiger partial charge in [0.2, 0.25) is 0 Å². The first kappa shape index (κ1) is 13.9. The molecule has 6 nitrogen and oxygen atoms in total. The van der Waals surface area contributed by atoms with Gasteiger partial charge in [-0.25, -0.2) is 9.78 Å². The van der Waals surface area contributed by atoms with Crippen molar-refractivity contribution in [3.05, 3.63) is 29.8 Å². The second-order valence-electron chi connectivity index (χ2n) is 5.47. The molecular weight excluding hydrogens is 268 g/mol. The number of anilines is 1. The summed E-state index contributed by atoms with van der Waals surface area (Å²) in [6, 6.07) is 3.64. The summed E-state index contributed by atoms with van der Waals surface area (Å²) in [5.74, 6) is 0.959. The zero-order valence-electron chi connectivity index (χ0n) is 12.1. The summed E-state index contributed by atoms with van der Waals surface area (Å²) in [5.41, 5.74) is 7.50. The Balaban J connectivity index is 2.02. The van der Waals surface area contributed by atoms with Crippen molar-refractivity contribution >= 4 is 17.2 Å². The predicted octanol–water partition coefficient (Wildman–Crippen LogP) is 1.25. The van der Waals surface area contributed by atoms with E-state index >= 15 is 0 Å². The Hall–Kier alpha value is -2.08. The Morgan fingerprint density at radius 2 is 2.48 bits per heavy atom. The number of nitrogens with one attached hydrogen (secondary N) is 1. The summed E-state index contributed by atoms with van der Waals surface area (Å²) in [6.07, 6.45) is 5.09. The van der Waals surface area contributed by atoms with Gasteiger partial charge in [-0.1, -0.05) is 0 Å². The van der Waals surface area contributed by atoms with Crippen LogP contribution in [0.25, 0.3) is 5.52 Å². The van der Waals surface area contributed by atoms with Gasteiger partial charge in [0.1, 0.15) is 11.3 Å². The van der Waals surface area contributed by atoms with Crippen molar-refractivity contribution in [2.24, 2.45) is 5.92 Å². The third-order valence-corrected chi connectivity index (χ3v) is 4.02. The Morgan fingerprint density at radius 1 is 1.62 bits per heavy atom. The highest BCUT2D eigenvalue weighted by atomic mass is 16.5. The number of fused-ring (bicyclic) bond motifs is 1. The Morgan fingerprint density at radius 3 is 3.19 bits per heavy atom. The Labute approximate surface area is 123 Å². The van der Waals surface area contributed by atoms with Crippen molar-refractivity contribution in [2.45, 2.75) is 19.3 Å². The molecule has 3 heterocycles. The van der Waals surface area contributed by atoms with E-state index in [2.05, 4.69) is 10.3 Å². The van der Waals surface area contributed by atoms with Gasteiger partial charge in [-0.2, -0.15) is 0 Å². The van der Waals surface area contributed by atoms with Crippen LogP contribution < -0.4 is 11.1 Å². The smallest absolute Gasteiger partial charge is 0.359 e. The molecular formula is C15H20N4O2. The number of carbonyl (C=O) groups is 1. The highest BCUT2D eigenvalue weighted by Crippen LogP contribution is 2.23. The minimum absolute atomic E-state index is 0.300. The Kier molecular flexibility index (Phi) is 3.79. The van der Waals surface area contributed by atoms with Gasteiger partial charge in [0.05, 0.1) is 12.8 Å².